The molecule has 0 spiro atoms. The molecule has 0 bridgehead atoms. The number of hydrogen-bond donors (Lipinski definition) is 1. The van der Waals surface area contributed by atoms with Crippen LogP contribution in [0.1, 0.15) is 18.9 Å². The van der Waals surface area contributed by atoms with E-state index in [2.05, 4.69) is 6.92 Å². The summed E-state index contributed by atoms with van der Waals surface area (Å²) in [4.78, 5) is 5.89. The van der Waals surface area contributed by atoms with Crippen LogP contribution in [0.5, 0.6) is 17.2 Å². The fourth-order valence-corrected chi connectivity index (χ4v) is 2.05. The quantitative estimate of drug-likeness (QED) is 0.790. The van der Waals surface area contributed by atoms with Crippen LogP contribution in [0.3, 0.4) is 0 Å². The second-order valence-corrected chi connectivity index (χ2v) is 4.80. The third-order valence-corrected chi connectivity index (χ3v) is 3.04. The number of methoxy groups -OCH3 is 1. The molecule has 4 nitrogen and oxygen atoms in total. The van der Waals surface area contributed by atoms with Crippen molar-refractivity contribution in [1.82, 2.24) is 5.06 Å². The number of hydroxylamine groups is 2. The molecule has 2 aromatic rings. The first-order valence-electron chi connectivity index (χ1n) is 7.06. The smallest absolute Gasteiger partial charge is 0.147 e. The lowest BCUT2D eigenvalue weighted by Crippen LogP contribution is -2.27. The van der Waals surface area contributed by atoms with Crippen molar-refractivity contribution in [3.8, 4) is 17.2 Å². The molecule has 0 radical (unpaired) electrons. The van der Waals surface area contributed by atoms with Crippen molar-refractivity contribution in [3.05, 3.63) is 54.1 Å². The van der Waals surface area contributed by atoms with Gasteiger partial charge in [0, 0.05) is 6.54 Å². The molecule has 0 atom stereocenters. The molecule has 0 aliphatic heterocycles. The Morgan fingerprint density at radius 3 is 2.38 bits per heavy atom. The predicted molar refractivity (Wildman–Crippen MR) is 82.4 cm³/mol. The molecule has 0 saturated heterocycles. The molecule has 0 aliphatic rings. The van der Waals surface area contributed by atoms with E-state index in [-0.39, 0.29) is 5.75 Å². The Balaban J connectivity index is 2.04. The zero-order chi connectivity index (χ0) is 15.1. The van der Waals surface area contributed by atoms with E-state index in [9.17, 15) is 5.11 Å². The van der Waals surface area contributed by atoms with E-state index in [1.807, 2.05) is 41.5 Å². The maximum absolute atomic E-state index is 9.53. The molecular formula is C17H21NO3. The van der Waals surface area contributed by atoms with Gasteiger partial charge >= 0.3 is 0 Å². The van der Waals surface area contributed by atoms with Crippen LogP contribution in [0.2, 0.25) is 0 Å². The highest BCUT2D eigenvalue weighted by atomic mass is 16.7. The van der Waals surface area contributed by atoms with Crippen molar-refractivity contribution in [2.45, 2.75) is 19.9 Å². The predicted octanol–water partition coefficient (Wildman–Crippen LogP) is 3.61. The monoisotopic (exact) mass is 287 g/mol. The highest BCUT2D eigenvalue weighted by molar-refractivity contribution is 5.31. The van der Waals surface area contributed by atoms with Gasteiger partial charge in [-0.3, -0.25) is 0 Å². The molecule has 2 aromatic carbocycles. The van der Waals surface area contributed by atoms with Crippen LogP contribution >= 0.6 is 0 Å². The number of phenolic OH excluding ortho intramolecular Hbond substituents is 1. The molecule has 4 heteroatoms. The fraction of sp³-hybridized carbons (Fsp3) is 0.294. The lowest BCUT2D eigenvalue weighted by molar-refractivity contribution is -0.0669. The number of phenols is 1. The summed E-state index contributed by atoms with van der Waals surface area (Å²) in [5.74, 6) is 1.84. The van der Waals surface area contributed by atoms with Gasteiger partial charge in [0.05, 0.1) is 13.7 Å². The van der Waals surface area contributed by atoms with Crippen LogP contribution in [0.15, 0.2) is 48.5 Å². The fourth-order valence-electron chi connectivity index (χ4n) is 2.05. The minimum absolute atomic E-state index is 0.272. The zero-order valence-electron chi connectivity index (χ0n) is 12.5. The van der Waals surface area contributed by atoms with Gasteiger partial charge in [-0.2, -0.15) is 0 Å². The molecule has 0 aliphatic carbocycles. The summed E-state index contributed by atoms with van der Waals surface area (Å²) in [5, 5.41) is 11.4. The van der Waals surface area contributed by atoms with E-state index < -0.39 is 0 Å². The third-order valence-electron chi connectivity index (χ3n) is 3.04. The molecule has 2 rings (SSSR count). The molecule has 21 heavy (non-hydrogen) atoms. The Hall–Kier alpha value is -2.20. The first-order valence-corrected chi connectivity index (χ1v) is 7.06. The number of aromatic hydroxyl groups is 1. The average Bonchev–Trinajstić information content (AvgIpc) is 2.48. The number of ether oxygens (including phenoxy) is 1. The van der Waals surface area contributed by atoms with Crippen LogP contribution in [0.25, 0.3) is 0 Å². The molecule has 1 N–H and O–H groups in total. The highest BCUT2D eigenvalue weighted by Gasteiger charge is 2.08. The minimum Gasteiger partial charge on any atom is -0.508 e. The Kier molecular flexibility index (Phi) is 5.46. The Labute approximate surface area is 125 Å². The summed E-state index contributed by atoms with van der Waals surface area (Å²) in [7, 11) is 1.64. The Bertz CT molecular complexity index is 554. The summed E-state index contributed by atoms with van der Waals surface area (Å²) in [5.41, 5.74) is 1.01. The normalized spacial score (nSPS) is 10.6. The van der Waals surface area contributed by atoms with E-state index in [4.69, 9.17) is 9.57 Å². The number of hydrogen-bond acceptors (Lipinski definition) is 4. The van der Waals surface area contributed by atoms with Crippen molar-refractivity contribution in [3.63, 3.8) is 0 Å². The maximum Gasteiger partial charge on any atom is 0.147 e. The lowest BCUT2D eigenvalue weighted by atomic mass is 10.2. The van der Waals surface area contributed by atoms with Crippen molar-refractivity contribution >= 4 is 0 Å². The average molecular weight is 287 g/mol. The number of rotatable bonds is 7. The van der Waals surface area contributed by atoms with Gasteiger partial charge < -0.3 is 14.7 Å². The summed E-state index contributed by atoms with van der Waals surface area (Å²) < 4.78 is 5.13. The number of benzene rings is 2. The van der Waals surface area contributed by atoms with Crippen LogP contribution in [-0.4, -0.2) is 23.8 Å². The van der Waals surface area contributed by atoms with Crippen LogP contribution in [0, 0.1) is 0 Å². The molecule has 0 saturated carbocycles. The standard InChI is InChI=1S/C17H21NO3/c1-3-11-18(13-14-5-4-6-15(19)12-14)21-17-9-7-16(20-2)8-10-17/h4-10,12,19H,3,11,13H2,1-2H3. The molecule has 0 heterocycles. The second-order valence-electron chi connectivity index (χ2n) is 4.80. The molecule has 112 valence electrons. The zero-order valence-corrected chi connectivity index (χ0v) is 12.5. The van der Waals surface area contributed by atoms with Crippen molar-refractivity contribution in [2.75, 3.05) is 13.7 Å². The lowest BCUT2D eigenvalue weighted by Gasteiger charge is -2.22. The topological polar surface area (TPSA) is 41.9 Å². The summed E-state index contributed by atoms with van der Waals surface area (Å²) in [6.45, 7) is 3.53. The van der Waals surface area contributed by atoms with Crippen molar-refractivity contribution in [1.29, 1.82) is 0 Å². The van der Waals surface area contributed by atoms with E-state index in [1.54, 1.807) is 19.2 Å². The number of nitrogens with zero attached hydrogens (tertiary/aromatic N) is 1. The Morgan fingerprint density at radius 2 is 1.76 bits per heavy atom. The summed E-state index contributed by atoms with van der Waals surface area (Å²) >= 11 is 0. The van der Waals surface area contributed by atoms with Gasteiger partial charge in [0.15, 0.2) is 0 Å². The Morgan fingerprint density at radius 1 is 1.05 bits per heavy atom. The van der Waals surface area contributed by atoms with E-state index in [0.29, 0.717) is 6.54 Å². The van der Waals surface area contributed by atoms with Gasteiger partial charge in [-0.25, -0.2) is 0 Å². The molecule has 0 unspecified atom stereocenters. The SMILES string of the molecule is CCCN(Cc1cccc(O)c1)Oc1ccc(OC)cc1. The third kappa shape index (κ3) is 4.68. The first-order chi connectivity index (χ1) is 10.2. The molecule has 0 fully saturated rings. The minimum atomic E-state index is 0.272. The van der Waals surface area contributed by atoms with E-state index >= 15 is 0 Å². The van der Waals surface area contributed by atoms with Crippen molar-refractivity contribution < 1.29 is 14.7 Å². The van der Waals surface area contributed by atoms with Gasteiger partial charge in [-0.05, 0) is 48.4 Å². The largest absolute Gasteiger partial charge is 0.508 e. The molecule has 0 aromatic heterocycles. The van der Waals surface area contributed by atoms with Gasteiger partial charge in [-0.1, -0.05) is 19.1 Å². The van der Waals surface area contributed by atoms with Gasteiger partial charge in [0.1, 0.15) is 17.2 Å². The van der Waals surface area contributed by atoms with Gasteiger partial charge in [-0.15, -0.1) is 5.06 Å². The van der Waals surface area contributed by atoms with Gasteiger partial charge in [0.2, 0.25) is 0 Å². The first kappa shape index (κ1) is 15.2. The van der Waals surface area contributed by atoms with Crippen LogP contribution in [-0.2, 0) is 6.54 Å². The van der Waals surface area contributed by atoms with Crippen molar-refractivity contribution in [2.24, 2.45) is 0 Å². The summed E-state index contributed by atoms with van der Waals surface area (Å²) in [6, 6.07) is 14.7. The highest BCUT2D eigenvalue weighted by Crippen LogP contribution is 2.19. The maximum atomic E-state index is 9.53. The van der Waals surface area contributed by atoms with Crippen LogP contribution in [0.4, 0.5) is 0 Å². The second kappa shape index (κ2) is 7.55. The van der Waals surface area contributed by atoms with E-state index in [0.717, 1.165) is 30.0 Å². The van der Waals surface area contributed by atoms with E-state index in [1.165, 1.54) is 0 Å². The van der Waals surface area contributed by atoms with Crippen LogP contribution < -0.4 is 9.57 Å². The molecule has 0 amide bonds. The molecular weight excluding hydrogens is 266 g/mol. The van der Waals surface area contributed by atoms with Gasteiger partial charge in [0.25, 0.3) is 0 Å². The summed E-state index contributed by atoms with van der Waals surface area (Å²) in [6.07, 6.45) is 0.981.